The number of carbonyl (C=O) groups excluding carboxylic acids is 1. The van der Waals surface area contributed by atoms with Crippen molar-refractivity contribution in [1.82, 2.24) is 19.7 Å². The summed E-state index contributed by atoms with van der Waals surface area (Å²) in [5, 5.41) is 24.6. The fourth-order valence-corrected chi connectivity index (χ4v) is 4.96. The number of benzene rings is 1. The minimum Gasteiger partial charge on any atom is -0.490 e. The molecule has 2 aromatic heterocycles. The predicted molar refractivity (Wildman–Crippen MR) is 134 cm³/mol. The van der Waals surface area contributed by atoms with Crippen LogP contribution in [0, 0.1) is 12.7 Å². The number of carbonyl (C=O) groups is 1. The molecule has 1 aliphatic carbocycles. The van der Waals surface area contributed by atoms with E-state index in [9.17, 15) is 15.0 Å². The molecule has 1 unspecified atom stereocenters. The number of ether oxygens (including phenoxy) is 1. The number of nitrogens with two attached hydrogens (primary N) is 1. The Hall–Kier alpha value is -2.95. The zero-order valence-electron chi connectivity index (χ0n) is 20.7. The normalized spacial score (nSPS) is 19.9. The SMILES string of the molecule is Cc1nc(C(C)(O)c2cc(Cl)c(F)c(C(=O)N[C@H]3CCCC[C@@H]3O)c2OC(C)C)n2ccnc(N)c12. The summed E-state index contributed by atoms with van der Waals surface area (Å²) in [6.45, 7) is 6.63. The molecule has 1 aromatic carbocycles. The van der Waals surface area contributed by atoms with Crippen LogP contribution in [0.5, 0.6) is 5.75 Å². The van der Waals surface area contributed by atoms with Gasteiger partial charge in [-0.1, -0.05) is 24.4 Å². The van der Waals surface area contributed by atoms with Crippen LogP contribution in [-0.2, 0) is 5.60 Å². The minimum absolute atomic E-state index is 0.0548. The Morgan fingerprint density at radius 3 is 2.75 bits per heavy atom. The third-order valence-electron chi connectivity index (χ3n) is 6.52. The van der Waals surface area contributed by atoms with E-state index in [2.05, 4.69) is 15.3 Å². The summed E-state index contributed by atoms with van der Waals surface area (Å²) in [6, 6.07) is 0.705. The number of nitrogens with one attached hydrogen (secondary N) is 1. The molecule has 4 rings (SSSR count). The summed E-state index contributed by atoms with van der Waals surface area (Å²) >= 11 is 6.26. The number of imidazole rings is 1. The number of hydrogen-bond acceptors (Lipinski definition) is 7. The first kappa shape index (κ1) is 26.1. The number of hydrogen-bond donors (Lipinski definition) is 4. The Morgan fingerprint density at radius 1 is 1.39 bits per heavy atom. The van der Waals surface area contributed by atoms with Gasteiger partial charge in [-0.15, -0.1) is 0 Å². The third-order valence-corrected chi connectivity index (χ3v) is 6.79. The lowest BCUT2D eigenvalue weighted by atomic mass is 9.90. The Kier molecular flexibility index (Phi) is 7.14. The molecule has 3 atom stereocenters. The van der Waals surface area contributed by atoms with Crippen LogP contribution in [-0.4, -0.2) is 48.7 Å². The Bertz CT molecular complexity index is 1310. The van der Waals surface area contributed by atoms with Gasteiger partial charge in [0, 0.05) is 18.0 Å². The second kappa shape index (κ2) is 9.84. The highest BCUT2D eigenvalue weighted by Crippen LogP contribution is 2.42. The second-order valence-electron chi connectivity index (χ2n) is 9.65. The van der Waals surface area contributed by atoms with E-state index in [1.54, 1.807) is 31.4 Å². The molecule has 3 aromatic rings. The molecule has 1 saturated carbocycles. The number of nitrogen functional groups attached to an aromatic ring is 1. The molecule has 0 radical (unpaired) electrons. The number of halogens is 2. The first-order valence-corrected chi connectivity index (χ1v) is 12.3. The van der Waals surface area contributed by atoms with Crippen molar-refractivity contribution in [3.8, 4) is 5.75 Å². The summed E-state index contributed by atoms with van der Waals surface area (Å²) in [6.07, 6.45) is 4.66. The van der Waals surface area contributed by atoms with Gasteiger partial charge in [-0.2, -0.15) is 0 Å². The highest BCUT2D eigenvalue weighted by molar-refractivity contribution is 6.31. The van der Waals surface area contributed by atoms with Crippen LogP contribution >= 0.6 is 11.6 Å². The van der Waals surface area contributed by atoms with E-state index >= 15 is 4.39 Å². The van der Waals surface area contributed by atoms with E-state index in [0.717, 1.165) is 12.8 Å². The number of aliphatic hydroxyl groups excluding tert-OH is 1. The third kappa shape index (κ3) is 4.60. The van der Waals surface area contributed by atoms with Crippen LogP contribution in [0.1, 0.15) is 73.9 Å². The van der Waals surface area contributed by atoms with Crippen molar-refractivity contribution in [1.29, 1.82) is 0 Å². The molecule has 9 nitrogen and oxygen atoms in total. The van der Waals surface area contributed by atoms with Gasteiger partial charge in [0.1, 0.15) is 34.1 Å². The van der Waals surface area contributed by atoms with Crippen LogP contribution in [0.4, 0.5) is 10.2 Å². The zero-order chi connectivity index (χ0) is 26.4. The molecule has 0 aliphatic heterocycles. The van der Waals surface area contributed by atoms with Crippen molar-refractivity contribution in [2.45, 2.75) is 77.2 Å². The standard InChI is InChI=1S/C25H31ClFN5O4/c1-12(2)36-21-14(25(4,35)24-30-13(3)20-22(28)29-9-10-32(20)24)11-15(26)19(27)18(21)23(34)31-16-7-5-6-8-17(16)33/h9-12,16-17,33,35H,5-8H2,1-4H3,(H2,28,29)(H,31,34)/t16-,17-,25?/m0/s1. The molecule has 11 heteroatoms. The maximum Gasteiger partial charge on any atom is 0.258 e. The van der Waals surface area contributed by atoms with Crippen molar-refractivity contribution < 1.29 is 24.1 Å². The molecule has 0 saturated heterocycles. The maximum atomic E-state index is 15.4. The molecule has 2 heterocycles. The van der Waals surface area contributed by atoms with Gasteiger partial charge in [0.2, 0.25) is 0 Å². The number of nitrogens with zero attached hydrogens (tertiary/aromatic N) is 3. The number of aliphatic hydroxyl groups is 2. The average molecular weight is 520 g/mol. The molecule has 194 valence electrons. The first-order valence-electron chi connectivity index (χ1n) is 11.9. The van der Waals surface area contributed by atoms with E-state index < -0.39 is 41.1 Å². The van der Waals surface area contributed by atoms with Crippen molar-refractivity contribution >= 4 is 28.8 Å². The van der Waals surface area contributed by atoms with Crippen LogP contribution in [0.3, 0.4) is 0 Å². The van der Waals surface area contributed by atoms with Gasteiger partial charge in [0.25, 0.3) is 5.91 Å². The number of fused-ring (bicyclic) bond motifs is 1. The van der Waals surface area contributed by atoms with E-state index in [1.807, 2.05) is 0 Å². The van der Waals surface area contributed by atoms with Crippen LogP contribution in [0.15, 0.2) is 18.5 Å². The predicted octanol–water partition coefficient (Wildman–Crippen LogP) is 3.49. The molecule has 1 aliphatic rings. The van der Waals surface area contributed by atoms with Crippen molar-refractivity contribution in [3.05, 3.63) is 51.9 Å². The number of rotatable bonds is 6. The molecular weight excluding hydrogens is 489 g/mol. The topological polar surface area (TPSA) is 135 Å². The molecule has 1 fully saturated rings. The lowest BCUT2D eigenvalue weighted by Crippen LogP contribution is -2.45. The lowest BCUT2D eigenvalue weighted by molar-refractivity contribution is 0.0703. The van der Waals surface area contributed by atoms with Crippen LogP contribution < -0.4 is 15.8 Å². The fourth-order valence-electron chi connectivity index (χ4n) is 4.76. The average Bonchev–Trinajstić information content (AvgIpc) is 3.16. The maximum absolute atomic E-state index is 15.4. The van der Waals surface area contributed by atoms with Gasteiger partial charge in [0.05, 0.1) is 29.0 Å². The molecule has 1 amide bonds. The van der Waals surface area contributed by atoms with Crippen molar-refractivity contribution in [3.63, 3.8) is 0 Å². The van der Waals surface area contributed by atoms with E-state index in [1.165, 1.54) is 19.2 Å². The summed E-state index contributed by atoms with van der Waals surface area (Å²) in [7, 11) is 0. The molecule has 0 bridgehead atoms. The molecular formula is C25H31ClFN5O4. The van der Waals surface area contributed by atoms with Gasteiger partial charge in [-0.05, 0) is 46.6 Å². The molecule has 0 spiro atoms. The zero-order valence-corrected chi connectivity index (χ0v) is 21.4. The summed E-state index contributed by atoms with van der Waals surface area (Å²) in [5.74, 6) is -1.53. The van der Waals surface area contributed by atoms with E-state index in [0.29, 0.717) is 24.1 Å². The van der Waals surface area contributed by atoms with Crippen LogP contribution in [0.2, 0.25) is 5.02 Å². The highest BCUT2D eigenvalue weighted by Gasteiger charge is 2.39. The van der Waals surface area contributed by atoms with Gasteiger partial charge in [-0.25, -0.2) is 14.4 Å². The molecule has 36 heavy (non-hydrogen) atoms. The largest absolute Gasteiger partial charge is 0.490 e. The van der Waals surface area contributed by atoms with Crippen LogP contribution in [0.25, 0.3) is 5.52 Å². The first-order chi connectivity index (χ1) is 16.9. The summed E-state index contributed by atoms with van der Waals surface area (Å²) in [5.41, 5.74) is 4.80. The van der Waals surface area contributed by atoms with Gasteiger partial charge < -0.3 is 26.0 Å². The monoisotopic (exact) mass is 519 g/mol. The van der Waals surface area contributed by atoms with Gasteiger partial charge in [-0.3, -0.25) is 9.20 Å². The highest BCUT2D eigenvalue weighted by atomic mass is 35.5. The van der Waals surface area contributed by atoms with E-state index in [4.69, 9.17) is 22.1 Å². The number of amides is 1. The van der Waals surface area contributed by atoms with Crippen molar-refractivity contribution in [2.75, 3.05) is 5.73 Å². The smallest absolute Gasteiger partial charge is 0.258 e. The minimum atomic E-state index is -1.88. The Labute approximate surface area is 213 Å². The number of aromatic nitrogens is 3. The molecule has 5 N–H and O–H groups in total. The lowest BCUT2D eigenvalue weighted by Gasteiger charge is -2.30. The fraction of sp³-hybridized carbons (Fsp3) is 0.480. The summed E-state index contributed by atoms with van der Waals surface area (Å²) < 4.78 is 23.0. The van der Waals surface area contributed by atoms with Gasteiger partial charge >= 0.3 is 0 Å². The number of anilines is 1. The quantitative estimate of drug-likeness (QED) is 0.391. The van der Waals surface area contributed by atoms with Gasteiger partial charge in [0.15, 0.2) is 5.82 Å². The second-order valence-corrected chi connectivity index (χ2v) is 10.1. The number of aryl methyl sites for hydroxylation is 1. The Morgan fingerprint density at radius 2 is 2.08 bits per heavy atom. The summed E-state index contributed by atoms with van der Waals surface area (Å²) in [4.78, 5) is 22.0. The Balaban J connectivity index is 1.90. The van der Waals surface area contributed by atoms with E-state index in [-0.39, 0.29) is 28.0 Å². The van der Waals surface area contributed by atoms with Crippen molar-refractivity contribution in [2.24, 2.45) is 0 Å².